The van der Waals surface area contributed by atoms with Crippen LogP contribution in [0.5, 0.6) is 5.75 Å². The number of imidazole rings is 1. The van der Waals surface area contributed by atoms with Crippen molar-refractivity contribution in [2.24, 2.45) is 0 Å². The lowest BCUT2D eigenvalue weighted by Crippen LogP contribution is -2.11. The highest BCUT2D eigenvalue weighted by atomic mass is 16.5. The van der Waals surface area contributed by atoms with Gasteiger partial charge in [0.25, 0.3) is 5.91 Å². The molecule has 4 aromatic rings. The van der Waals surface area contributed by atoms with E-state index in [1.807, 2.05) is 35.9 Å². The Hall–Kier alpha value is -3.67. The Morgan fingerprint density at radius 2 is 1.89 bits per heavy atom. The molecule has 4 rings (SSSR count). The number of aromatic nitrogens is 3. The lowest BCUT2D eigenvalue weighted by molar-refractivity contribution is 0.102. The average molecular weight is 358 g/mol. The number of hydrogen-bond acceptors (Lipinski definition) is 4. The first-order chi connectivity index (χ1) is 13.2. The van der Waals surface area contributed by atoms with Crippen LogP contribution in [-0.2, 0) is 6.61 Å². The molecule has 27 heavy (non-hydrogen) atoms. The number of aryl methyl sites for hydroxylation is 1. The van der Waals surface area contributed by atoms with Crippen molar-refractivity contribution in [2.75, 3.05) is 5.32 Å². The third-order valence-electron chi connectivity index (χ3n) is 4.17. The van der Waals surface area contributed by atoms with E-state index >= 15 is 0 Å². The fraction of sp³-hybridized carbons (Fsp3) is 0.0952. The van der Waals surface area contributed by atoms with Gasteiger partial charge < -0.3 is 14.5 Å². The van der Waals surface area contributed by atoms with Gasteiger partial charge in [-0.2, -0.15) is 0 Å². The minimum atomic E-state index is -0.177. The average Bonchev–Trinajstić information content (AvgIpc) is 3.12. The molecule has 0 aliphatic heterocycles. The van der Waals surface area contributed by atoms with Crippen LogP contribution in [0.3, 0.4) is 0 Å². The number of carbonyl (C=O) groups is 1. The normalized spacial score (nSPS) is 10.7. The summed E-state index contributed by atoms with van der Waals surface area (Å²) in [5.74, 6) is 0.507. The standard InChI is InChI=1S/C21H18N4O2/c1-15-3-2-12-25-13-18(23-20(15)25)14-27-19-6-4-16(5-7-19)21(26)24-17-8-10-22-11-9-17/h2-13H,14H2,1H3,(H,22,24,26). The van der Waals surface area contributed by atoms with E-state index in [0.29, 0.717) is 23.6 Å². The molecule has 0 spiro atoms. The molecule has 0 radical (unpaired) electrons. The van der Waals surface area contributed by atoms with Gasteiger partial charge in [-0.1, -0.05) is 6.07 Å². The van der Waals surface area contributed by atoms with Gasteiger partial charge in [0.2, 0.25) is 0 Å². The smallest absolute Gasteiger partial charge is 0.255 e. The number of fused-ring (bicyclic) bond motifs is 1. The van der Waals surface area contributed by atoms with Crippen LogP contribution in [0, 0.1) is 6.92 Å². The largest absolute Gasteiger partial charge is 0.487 e. The summed E-state index contributed by atoms with van der Waals surface area (Å²) in [5, 5.41) is 2.82. The van der Waals surface area contributed by atoms with E-state index in [2.05, 4.69) is 15.3 Å². The Morgan fingerprint density at radius 1 is 1.11 bits per heavy atom. The highest BCUT2D eigenvalue weighted by molar-refractivity contribution is 6.04. The Labute approximate surface area is 156 Å². The van der Waals surface area contributed by atoms with Crippen molar-refractivity contribution in [1.29, 1.82) is 0 Å². The molecule has 0 atom stereocenters. The number of nitrogens with zero attached hydrogens (tertiary/aromatic N) is 3. The van der Waals surface area contributed by atoms with E-state index in [1.54, 1.807) is 48.8 Å². The molecule has 0 saturated heterocycles. The number of ether oxygens (including phenoxy) is 1. The van der Waals surface area contributed by atoms with Crippen LogP contribution in [0.25, 0.3) is 5.65 Å². The number of rotatable bonds is 5. The number of anilines is 1. The second-order valence-corrected chi connectivity index (χ2v) is 6.16. The molecule has 134 valence electrons. The summed E-state index contributed by atoms with van der Waals surface area (Å²) < 4.78 is 7.79. The molecule has 3 aromatic heterocycles. The van der Waals surface area contributed by atoms with E-state index in [-0.39, 0.29) is 5.91 Å². The van der Waals surface area contributed by atoms with Gasteiger partial charge in [0, 0.05) is 36.0 Å². The molecule has 0 saturated carbocycles. The third-order valence-corrected chi connectivity index (χ3v) is 4.17. The van der Waals surface area contributed by atoms with Crippen LogP contribution in [0.15, 0.2) is 73.3 Å². The fourth-order valence-corrected chi connectivity index (χ4v) is 2.77. The highest BCUT2D eigenvalue weighted by Crippen LogP contribution is 2.16. The number of pyridine rings is 2. The first kappa shape index (κ1) is 16.8. The second kappa shape index (κ2) is 7.29. The zero-order chi connectivity index (χ0) is 18.6. The van der Waals surface area contributed by atoms with Gasteiger partial charge in [-0.3, -0.25) is 9.78 Å². The number of nitrogens with one attached hydrogen (secondary N) is 1. The third kappa shape index (κ3) is 3.79. The van der Waals surface area contributed by atoms with Crippen LogP contribution in [0.2, 0.25) is 0 Å². The van der Waals surface area contributed by atoms with Crippen LogP contribution in [-0.4, -0.2) is 20.3 Å². The number of benzene rings is 1. The van der Waals surface area contributed by atoms with Crippen molar-refractivity contribution in [3.05, 3.63) is 90.1 Å². The predicted octanol–water partition coefficient (Wildman–Crippen LogP) is 3.87. The quantitative estimate of drug-likeness (QED) is 0.588. The minimum Gasteiger partial charge on any atom is -0.487 e. The Morgan fingerprint density at radius 3 is 2.63 bits per heavy atom. The van der Waals surface area contributed by atoms with Crippen molar-refractivity contribution in [3.63, 3.8) is 0 Å². The maximum atomic E-state index is 12.3. The van der Waals surface area contributed by atoms with Crippen molar-refractivity contribution < 1.29 is 9.53 Å². The summed E-state index contributed by atoms with van der Waals surface area (Å²) in [6, 6.07) is 14.5. The van der Waals surface area contributed by atoms with Gasteiger partial charge in [0.1, 0.15) is 18.0 Å². The van der Waals surface area contributed by atoms with Crippen molar-refractivity contribution >= 4 is 17.2 Å². The SMILES string of the molecule is Cc1cccn2cc(COc3ccc(C(=O)Nc4ccncc4)cc3)nc12. The molecule has 0 unspecified atom stereocenters. The molecule has 1 N–H and O–H groups in total. The molecule has 3 heterocycles. The van der Waals surface area contributed by atoms with Crippen molar-refractivity contribution in [2.45, 2.75) is 13.5 Å². The second-order valence-electron chi connectivity index (χ2n) is 6.16. The zero-order valence-electron chi connectivity index (χ0n) is 14.8. The number of carbonyl (C=O) groups excluding carboxylic acids is 1. The van der Waals surface area contributed by atoms with E-state index < -0.39 is 0 Å². The number of amides is 1. The van der Waals surface area contributed by atoms with Crippen molar-refractivity contribution in [3.8, 4) is 5.75 Å². The van der Waals surface area contributed by atoms with Crippen LogP contribution >= 0.6 is 0 Å². The molecule has 0 bridgehead atoms. The van der Waals surface area contributed by atoms with Crippen molar-refractivity contribution in [1.82, 2.24) is 14.4 Å². The molecule has 0 aliphatic carbocycles. The van der Waals surface area contributed by atoms with Gasteiger partial charge >= 0.3 is 0 Å². The summed E-state index contributed by atoms with van der Waals surface area (Å²) in [5.41, 5.74) is 4.16. The van der Waals surface area contributed by atoms with Crippen LogP contribution in [0.1, 0.15) is 21.6 Å². The van der Waals surface area contributed by atoms with Crippen LogP contribution < -0.4 is 10.1 Å². The molecule has 6 heteroatoms. The maximum Gasteiger partial charge on any atom is 0.255 e. The zero-order valence-corrected chi connectivity index (χ0v) is 14.8. The summed E-state index contributed by atoms with van der Waals surface area (Å²) in [7, 11) is 0. The van der Waals surface area contributed by atoms with E-state index in [0.717, 1.165) is 16.9 Å². The van der Waals surface area contributed by atoms with E-state index in [9.17, 15) is 4.79 Å². The minimum absolute atomic E-state index is 0.177. The first-order valence-electron chi connectivity index (χ1n) is 8.56. The fourth-order valence-electron chi connectivity index (χ4n) is 2.77. The van der Waals surface area contributed by atoms with Gasteiger partial charge in [-0.15, -0.1) is 0 Å². The van der Waals surface area contributed by atoms with Gasteiger partial charge in [-0.05, 0) is 55.0 Å². The summed E-state index contributed by atoms with van der Waals surface area (Å²) in [4.78, 5) is 20.8. The first-order valence-corrected chi connectivity index (χ1v) is 8.56. The molecule has 1 aromatic carbocycles. The molecule has 1 amide bonds. The van der Waals surface area contributed by atoms with Crippen LogP contribution in [0.4, 0.5) is 5.69 Å². The molecular weight excluding hydrogens is 340 g/mol. The monoisotopic (exact) mass is 358 g/mol. The van der Waals surface area contributed by atoms with E-state index in [1.165, 1.54) is 0 Å². The lowest BCUT2D eigenvalue weighted by atomic mass is 10.2. The Balaban J connectivity index is 1.40. The Kier molecular flexibility index (Phi) is 4.53. The lowest BCUT2D eigenvalue weighted by Gasteiger charge is -2.07. The predicted molar refractivity (Wildman–Crippen MR) is 103 cm³/mol. The summed E-state index contributed by atoms with van der Waals surface area (Å²) >= 11 is 0. The summed E-state index contributed by atoms with van der Waals surface area (Å²) in [6.45, 7) is 2.40. The number of hydrogen-bond donors (Lipinski definition) is 1. The summed E-state index contributed by atoms with van der Waals surface area (Å²) in [6.07, 6.45) is 7.19. The molecule has 0 fully saturated rings. The topological polar surface area (TPSA) is 68.5 Å². The maximum absolute atomic E-state index is 12.3. The molecular formula is C21H18N4O2. The Bertz CT molecular complexity index is 1070. The van der Waals surface area contributed by atoms with E-state index in [4.69, 9.17) is 4.74 Å². The van der Waals surface area contributed by atoms with Gasteiger partial charge in [-0.25, -0.2) is 4.98 Å². The van der Waals surface area contributed by atoms with Gasteiger partial charge in [0.15, 0.2) is 0 Å². The van der Waals surface area contributed by atoms with Gasteiger partial charge in [0.05, 0.1) is 5.69 Å². The highest BCUT2D eigenvalue weighted by Gasteiger charge is 2.07. The molecule has 6 nitrogen and oxygen atoms in total. The molecule has 0 aliphatic rings.